The molecular weight excluding hydrogens is 300 g/mol. The summed E-state index contributed by atoms with van der Waals surface area (Å²) in [6.45, 7) is 4.15. The van der Waals surface area contributed by atoms with Gasteiger partial charge in [0.25, 0.3) is 0 Å². The first-order chi connectivity index (χ1) is 11.8. The maximum absolute atomic E-state index is 9.50. The lowest BCUT2D eigenvalue weighted by Gasteiger charge is -2.40. The Morgan fingerprint density at radius 3 is 2.62 bits per heavy atom. The number of piperazine rings is 1. The molecule has 2 N–H and O–H groups in total. The molecule has 1 fully saturated rings. The molecule has 0 saturated carbocycles. The van der Waals surface area contributed by atoms with E-state index in [0.29, 0.717) is 5.92 Å². The van der Waals surface area contributed by atoms with Gasteiger partial charge in [0.15, 0.2) is 6.23 Å². The smallest absolute Gasteiger partial charge is 0.153 e. The normalized spacial score (nSPS) is 24.2. The molecule has 0 aromatic heterocycles. The second kappa shape index (κ2) is 6.93. The van der Waals surface area contributed by atoms with Crippen molar-refractivity contribution in [2.45, 2.75) is 25.2 Å². The van der Waals surface area contributed by atoms with Gasteiger partial charge in [-0.25, -0.2) is 0 Å². The van der Waals surface area contributed by atoms with Gasteiger partial charge in [-0.15, -0.1) is 0 Å². The fraction of sp³-hybridized carbons (Fsp3) is 0.400. The summed E-state index contributed by atoms with van der Waals surface area (Å²) < 4.78 is 6.34. The van der Waals surface area contributed by atoms with Gasteiger partial charge in [0.2, 0.25) is 0 Å². The second-order valence-corrected chi connectivity index (χ2v) is 6.59. The Hall–Kier alpha value is -1.88. The monoisotopic (exact) mass is 324 g/mol. The molecule has 126 valence electrons. The van der Waals surface area contributed by atoms with Crippen LogP contribution in [0.15, 0.2) is 48.5 Å². The zero-order chi connectivity index (χ0) is 16.4. The van der Waals surface area contributed by atoms with Gasteiger partial charge in [-0.3, -0.25) is 4.90 Å². The first kappa shape index (κ1) is 15.6. The molecular formula is C20H24N2O2. The van der Waals surface area contributed by atoms with E-state index >= 15 is 0 Å². The lowest BCUT2D eigenvalue weighted by Crippen LogP contribution is -2.51. The maximum Gasteiger partial charge on any atom is 0.153 e. The number of nitrogens with one attached hydrogen (secondary N) is 1. The van der Waals surface area contributed by atoms with Gasteiger partial charge in [0.05, 0.1) is 6.61 Å². The van der Waals surface area contributed by atoms with E-state index in [-0.39, 0.29) is 12.8 Å². The Bertz CT molecular complexity index is 683. The Morgan fingerprint density at radius 1 is 1.08 bits per heavy atom. The summed E-state index contributed by atoms with van der Waals surface area (Å²) in [5.41, 5.74) is 3.45. The number of fused-ring (bicyclic) bond motifs is 1. The molecule has 0 bridgehead atoms. The molecule has 0 spiro atoms. The largest absolute Gasteiger partial charge is 0.475 e. The van der Waals surface area contributed by atoms with Crippen molar-refractivity contribution in [2.75, 3.05) is 26.2 Å². The van der Waals surface area contributed by atoms with Crippen molar-refractivity contribution in [2.24, 2.45) is 0 Å². The van der Waals surface area contributed by atoms with Gasteiger partial charge >= 0.3 is 0 Å². The molecule has 0 aliphatic carbocycles. The van der Waals surface area contributed by atoms with E-state index in [1.807, 2.05) is 12.1 Å². The van der Waals surface area contributed by atoms with Crippen LogP contribution in [0.25, 0.3) is 0 Å². The van der Waals surface area contributed by atoms with Gasteiger partial charge < -0.3 is 15.2 Å². The van der Waals surface area contributed by atoms with Gasteiger partial charge in [0, 0.05) is 44.1 Å². The van der Waals surface area contributed by atoms with Crippen LogP contribution in [0.4, 0.5) is 0 Å². The number of aliphatic hydroxyl groups excluding tert-OH is 1. The molecule has 2 aliphatic heterocycles. The van der Waals surface area contributed by atoms with Crippen LogP contribution >= 0.6 is 0 Å². The highest BCUT2D eigenvalue weighted by molar-refractivity contribution is 5.46. The van der Waals surface area contributed by atoms with Crippen LogP contribution in [0.2, 0.25) is 0 Å². The van der Waals surface area contributed by atoms with Crippen LogP contribution in [-0.2, 0) is 6.61 Å². The minimum absolute atomic E-state index is 0.0655. The number of rotatable bonds is 3. The van der Waals surface area contributed by atoms with Crippen molar-refractivity contribution in [3.63, 3.8) is 0 Å². The summed E-state index contributed by atoms with van der Waals surface area (Å²) in [7, 11) is 0. The molecule has 0 radical (unpaired) electrons. The Balaban J connectivity index is 1.70. The first-order valence-electron chi connectivity index (χ1n) is 8.75. The summed E-state index contributed by atoms with van der Waals surface area (Å²) in [6, 6.07) is 16.7. The van der Waals surface area contributed by atoms with E-state index < -0.39 is 0 Å². The number of nitrogens with zero attached hydrogens (tertiary/aromatic N) is 1. The summed E-state index contributed by atoms with van der Waals surface area (Å²) >= 11 is 0. The SMILES string of the molecule is OCc1ccc2c(c1)C(c1ccccc1)CC(N1CCNCC1)O2. The Morgan fingerprint density at radius 2 is 1.88 bits per heavy atom. The van der Waals surface area contributed by atoms with E-state index in [0.717, 1.165) is 43.9 Å². The third kappa shape index (κ3) is 3.05. The van der Waals surface area contributed by atoms with Gasteiger partial charge in [0.1, 0.15) is 5.75 Å². The maximum atomic E-state index is 9.50. The number of hydrogen-bond donors (Lipinski definition) is 2. The van der Waals surface area contributed by atoms with Crippen molar-refractivity contribution < 1.29 is 9.84 Å². The Labute approximate surface area is 143 Å². The molecule has 2 heterocycles. The highest BCUT2D eigenvalue weighted by Crippen LogP contribution is 2.41. The zero-order valence-electron chi connectivity index (χ0n) is 13.8. The fourth-order valence-electron chi connectivity index (χ4n) is 3.79. The fourth-order valence-corrected chi connectivity index (χ4v) is 3.79. The minimum atomic E-state index is 0.0655. The molecule has 2 aromatic rings. The number of hydrogen-bond acceptors (Lipinski definition) is 4. The topological polar surface area (TPSA) is 44.7 Å². The molecule has 2 aromatic carbocycles. The van der Waals surface area contributed by atoms with Crippen LogP contribution in [0.5, 0.6) is 5.75 Å². The van der Waals surface area contributed by atoms with Crippen LogP contribution in [0, 0.1) is 0 Å². The lowest BCUT2D eigenvalue weighted by molar-refractivity contribution is -0.00178. The summed E-state index contributed by atoms with van der Waals surface area (Å²) in [6.07, 6.45) is 1.07. The van der Waals surface area contributed by atoms with E-state index in [2.05, 4.69) is 46.6 Å². The molecule has 4 heteroatoms. The summed E-state index contributed by atoms with van der Waals surface area (Å²) in [5, 5.41) is 12.9. The van der Waals surface area contributed by atoms with Gasteiger partial charge in [-0.05, 0) is 23.3 Å². The van der Waals surface area contributed by atoms with E-state index in [1.165, 1.54) is 11.1 Å². The van der Waals surface area contributed by atoms with E-state index in [9.17, 15) is 5.11 Å². The second-order valence-electron chi connectivity index (χ2n) is 6.59. The number of ether oxygens (including phenoxy) is 1. The standard InChI is InChI=1S/C20H24N2O2/c23-14-15-6-7-19-18(12-15)17(16-4-2-1-3-5-16)13-20(24-19)22-10-8-21-9-11-22/h1-7,12,17,20-21,23H,8-11,13-14H2. The molecule has 1 saturated heterocycles. The average molecular weight is 324 g/mol. The molecule has 2 aliphatic rings. The molecule has 2 atom stereocenters. The van der Waals surface area contributed by atoms with E-state index in [1.54, 1.807) is 0 Å². The summed E-state index contributed by atoms with van der Waals surface area (Å²) in [4.78, 5) is 2.44. The van der Waals surface area contributed by atoms with Crippen LogP contribution in [0.1, 0.15) is 29.0 Å². The van der Waals surface area contributed by atoms with Crippen molar-refractivity contribution in [3.05, 3.63) is 65.2 Å². The van der Waals surface area contributed by atoms with Crippen molar-refractivity contribution >= 4 is 0 Å². The van der Waals surface area contributed by atoms with E-state index in [4.69, 9.17) is 4.74 Å². The molecule has 4 nitrogen and oxygen atoms in total. The average Bonchev–Trinajstić information content (AvgIpc) is 2.68. The quantitative estimate of drug-likeness (QED) is 0.909. The molecule has 2 unspecified atom stereocenters. The predicted octanol–water partition coefficient (Wildman–Crippen LogP) is 2.32. The first-order valence-corrected chi connectivity index (χ1v) is 8.75. The van der Waals surface area contributed by atoms with Gasteiger partial charge in [-0.2, -0.15) is 0 Å². The molecule has 0 amide bonds. The van der Waals surface area contributed by atoms with Gasteiger partial charge in [-0.1, -0.05) is 36.4 Å². The predicted molar refractivity (Wildman–Crippen MR) is 94.1 cm³/mol. The number of benzene rings is 2. The third-order valence-electron chi connectivity index (χ3n) is 5.09. The molecule has 24 heavy (non-hydrogen) atoms. The van der Waals surface area contributed by atoms with Crippen molar-refractivity contribution in [3.8, 4) is 5.75 Å². The summed E-state index contributed by atoms with van der Waals surface area (Å²) in [5.74, 6) is 1.26. The van der Waals surface area contributed by atoms with Crippen LogP contribution < -0.4 is 10.1 Å². The minimum Gasteiger partial charge on any atom is -0.475 e. The highest BCUT2D eigenvalue weighted by Gasteiger charge is 2.33. The lowest BCUT2D eigenvalue weighted by atomic mass is 9.84. The molecule has 4 rings (SSSR count). The van der Waals surface area contributed by atoms with Crippen molar-refractivity contribution in [1.82, 2.24) is 10.2 Å². The highest BCUT2D eigenvalue weighted by atomic mass is 16.5. The number of aliphatic hydroxyl groups is 1. The Kier molecular flexibility index (Phi) is 4.52. The van der Waals surface area contributed by atoms with Crippen molar-refractivity contribution in [1.29, 1.82) is 0 Å². The zero-order valence-corrected chi connectivity index (χ0v) is 13.8. The van der Waals surface area contributed by atoms with Crippen LogP contribution in [-0.4, -0.2) is 42.4 Å². The van der Waals surface area contributed by atoms with Crippen LogP contribution in [0.3, 0.4) is 0 Å². The third-order valence-corrected chi connectivity index (χ3v) is 5.09.